The van der Waals surface area contributed by atoms with Gasteiger partial charge in [-0.05, 0) is 51.1 Å². The van der Waals surface area contributed by atoms with E-state index in [2.05, 4.69) is 5.32 Å². The van der Waals surface area contributed by atoms with E-state index in [1.54, 1.807) is 63.4 Å². The normalized spacial score (nSPS) is 18.0. The summed E-state index contributed by atoms with van der Waals surface area (Å²) in [5.41, 5.74) is 5.76. The zero-order valence-corrected chi connectivity index (χ0v) is 17.0. The van der Waals surface area contributed by atoms with Crippen molar-refractivity contribution in [3.63, 3.8) is 0 Å². The summed E-state index contributed by atoms with van der Waals surface area (Å²) in [5, 5.41) is 2.67. The van der Waals surface area contributed by atoms with Crippen LogP contribution in [0.4, 0.5) is 4.79 Å². The second-order valence-corrected chi connectivity index (χ2v) is 7.98. The molecule has 0 radical (unpaired) electrons. The molecular formula is C22H23N4O4+. The third kappa shape index (κ3) is 3.85. The van der Waals surface area contributed by atoms with Gasteiger partial charge in [0.25, 0.3) is 11.5 Å². The van der Waals surface area contributed by atoms with Crippen molar-refractivity contribution in [2.45, 2.75) is 20.8 Å². The highest BCUT2D eigenvalue weighted by molar-refractivity contribution is 5.96. The van der Waals surface area contributed by atoms with Crippen molar-refractivity contribution in [1.82, 2.24) is 9.88 Å². The van der Waals surface area contributed by atoms with Gasteiger partial charge >= 0.3 is 11.9 Å². The lowest BCUT2D eigenvalue weighted by atomic mass is 9.94. The molecule has 0 fully saturated rings. The first-order valence-electron chi connectivity index (χ1n) is 9.29. The van der Waals surface area contributed by atoms with E-state index in [1.807, 2.05) is 0 Å². The number of allylic oxidation sites excluding steroid dienone is 1. The Bertz CT molecular complexity index is 1140. The Labute approximate surface area is 173 Å². The molecule has 0 saturated heterocycles. The van der Waals surface area contributed by atoms with Gasteiger partial charge in [0.05, 0.1) is 5.41 Å². The summed E-state index contributed by atoms with van der Waals surface area (Å²) in [5.74, 6) is -0.835. The lowest BCUT2D eigenvalue weighted by molar-refractivity contribution is -0.661. The number of carbonyl (C=O) groups excluding carboxylic acids is 3. The Morgan fingerprint density at radius 2 is 1.70 bits per heavy atom. The number of nitrogens with one attached hydrogen (secondary N) is 1. The zero-order chi connectivity index (χ0) is 22.1. The van der Waals surface area contributed by atoms with Crippen LogP contribution in [0.25, 0.3) is 5.69 Å². The first-order valence-corrected chi connectivity index (χ1v) is 9.29. The number of carbonyl (C=O) groups is 3. The number of imide groups is 1. The molecule has 2 aromatic rings. The third-order valence-corrected chi connectivity index (χ3v) is 4.66. The predicted octanol–water partition coefficient (Wildman–Crippen LogP) is 2.40. The van der Waals surface area contributed by atoms with E-state index in [9.17, 15) is 19.2 Å². The van der Waals surface area contributed by atoms with Gasteiger partial charge in [0.15, 0.2) is 0 Å². The average molecular weight is 407 g/mol. The van der Waals surface area contributed by atoms with Crippen LogP contribution >= 0.6 is 0 Å². The van der Waals surface area contributed by atoms with Crippen LogP contribution in [0.3, 0.4) is 0 Å². The van der Waals surface area contributed by atoms with Gasteiger partial charge in [-0.3, -0.25) is 14.2 Å². The summed E-state index contributed by atoms with van der Waals surface area (Å²) in [6.45, 7) is 5.07. The van der Waals surface area contributed by atoms with Gasteiger partial charge in [0.2, 0.25) is 0 Å². The molecule has 154 valence electrons. The van der Waals surface area contributed by atoms with Crippen molar-refractivity contribution in [2.75, 3.05) is 0 Å². The minimum atomic E-state index is -0.854. The largest absolute Gasteiger partial charge is 0.430 e. The molecule has 3 rings (SSSR count). The van der Waals surface area contributed by atoms with Crippen molar-refractivity contribution in [1.29, 1.82) is 0 Å². The fourth-order valence-electron chi connectivity index (χ4n) is 3.11. The summed E-state index contributed by atoms with van der Waals surface area (Å²) >= 11 is 0. The summed E-state index contributed by atoms with van der Waals surface area (Å²) in [7, 11) is 0. The molecule has 1 unspecified atom stereocenters. The molecule has 30 heavy (non-hydrogen) atoms. The van der Waals surface area contributed by atoms with Crippen molar-refractivity contribution in [3.05, 3.63) is 88.8 Å². The number of nitrogens with two attached hydrogens (primary N) is 1. The highest BCUT2D eigenvalue weighted by atomic mass is 16.2. The molecule has 0 bridgehead atoms. The van der Waals surface area contributed by atoms with Gasteiger partial charge in [-0.1, -0.05) is 6.07 Å². The Hall–Kier alpha value is -3.78. The van der Waals surface area contributed by atoms with Gasteiger partial charge in [0, 0.05) is 29.6 Å². The maximum Gasteiger partial charge on any atom is 0.430 e. The number of primary amides is 1. The van der Waals surface area contributed by atoms with Crippen LogP contribution in [-0.2, 0) is 4.79 Å². The van der Waals surface area contributed by atoms with E-state index in [-0.39, 0.29) is 5.56 Å². The smallest absolute Gasteiger partial charge is 0.318 e. The molecule has 0 spiro atoms. The molecule has 2 heterocycles. The van der Waals surface area contributed by atoms with E-state index < -0.39 is 27.7 Å². The van der Waals surface area contributed by atoms with E-state index >= 15 is 0 Å². The van der Waals surface area contributed by atoms with Gasteiger partial charge in [-0.25, -0.2) is 9.59 Å². The number of hydrogen-bond acceptors (Lipinski definition) is 4. The lowest BCUT2D eigenvalue weighted by Gasteiger charge is -2.27. The van der Waals surface area contributed by atoms with E-state index in [1.165, 1.54) is 29.1 Å². The van der Waals surface area contributed by atoms with Crippen LogP contribution in [0.2, 0.25) is 0 Å². The predicted molar refractivity (Wildman–Crippen MR) is 111 cm³/mol. The summed E-state index contributed by atoms with van der Waals surface area (Å²) < 4.78 is 0.662. The van der Waals surface area contributed by atoms with Gasteiger partial charge in [0.1, 0.15) is 18.1 Å². The minimum Gasteiger partial charge on any atom is -0.318 e. The standard InChI is InChI=1S/C22H22N4O4/c1-22(2,3)20(29)26(21(23)30)13-11-16(14-26)24-19(28)15-7-9-17(10-8-15)25-12-5-4-6-18(25)27/h4-14H,1-3H3,(H2-,23,24,28,30)/p+1. The molecule has 8 nitrogen and oxygen atoms in total. The Morgan fingerprint density at radius 3 is 2.27 bits per heavy atom. The molecule has 0 saturated carbocycles. The number of nitrogens with zero attached hydrogens (tertiary/aromatic N) is 2. The lowest BCUT2D eigenvalue weighted by Crippen LogP contribution is -2.55. The maximum absolute atomic E-state index is 12.8. The van der Waals surface area contributed by atoms with Crippen molar-refractivity contribution in [3.8, 4) is 5.69 Å². The van der Waals surface area contributed by atoms with Gasteiger partial charge in [-0.2, -0.15) is 0 Å². The van der Waals surface area contributed by atoms with Crippen molar-refractivity contribution >= 4 is 17.8 Å². The number of quaternary nitrogens is 1. The number of urea groups is 1. The molecule has 1 aromatic carbocycles. The third-order valence-electron chi connectivity index (χ3n) is 4.66. The van der Waals surface area contributed by atoms with E-state index in [0.29, 0.717) is 16.9 Å². The minimum absolute atomic E-state index is 0.181. The van der Waals surface area contributed by atoms with Crippen LogP contribution < -0.4 is 16.6 Å². The second kappa shape index (κ2) is 7.57. The quantitative estimate of drug-likeness (QED) is 0.761. The second-order valence-electron chi connectivity index (χ2n) is 7.98. The van der Waals surface area contributed by atoms with Crippen LogP contribution in [0, 0.1) is 5.41 Å². The van der Waals surface area contributed by atoms with Gasteiger partial charge < -0.3 is 11.1 Å². The summed E-state index contributed by atoms with van der Waals surface area (Å²) in [4.78, 5) is 49.3. The van der Waals surface area contributed by atoms with Crippen LogP contribution in [0.1, 0.15) is 31.1 Å². The SMILES string of the molecule is CC(C)(C)C(=O)[N+]1(C(N)=O)C=CC(NC(=O)c2ccc(-n3ccccc3=O)cc2)=C1. The first kappa shape index (κ1) is 20.9. The highest BCUT2D eigenvalue weighted by Crippen LogP contribution is 2.29. The van der Waals surface area contributed by atoms with E-state index in [4.69, 9.17) is 5.73 Å². The zero-order valence-electron chi connectivity index (χ0n) is 17.0. The fourth-order valence-corrected chi connectivity index (χ4v) is 3.11. The van der Waals surface area contributed by atoms with Gasteiger partial charge in [-0.15, -0.1) is 4.48 Å². The molecule has 8 heteroatoms. The number of rotatable bonds is 3. The monoisotopic (exact) mass is 407 g/mol. The van der Waals surface area contributed by atoms with Crippen molar-refractivity contribution in [2.24, 2.45) is 11.1 Å². The van der Waals surface area contributed by atoms with Crippen LogP contribution in [0.5, 0.6) is 0 Å². The number of hydrogen-bond donors (Lipinski definition) is 2. The molecule has 1 aliphatic heterocycles. The first-order chi connectivity index (χ1) is 14.0. The Morgan fingerprint density at radius 1 is 1.03 bits per heavy atom. The highest BCUT2D eigenvalue weighted by Gasteiger charge is 2.49. The topological polar surface area (TPSA) is 111 Å². The molecule has 3 N–H and O–H groups in total. The number of aromatic nitrogens is 1. The number of amides is 4. The molecule has 0 aliphatic carbocycles. The molecule has 1 atom stereocenters. The molecule has 4 amide bonds. The molecule has 1 aliphatic rings. The maximum atomic E-state index is 12.8. The van der Waals surface area contributed by atoms with Crippen LogP contribution in [-0.4, -0.2) is 26.9 Å². The van der Waals surface area contributed by atoms with Crippen molar-refractivity contribution < 1.29 is 18.9 Å². The summed E-state index contributed by atoms with van der Waals surface area (Å²) in [6, 6.07) is 10.5. The van der Waals surface area contributed by atoms with E-state index in [0.717, 1.165) is 0 Å². The molecule has 1 aromatic heterocycles. The summed E-state index contributed by atoms with van der Waals surface area (Å²) in [6.07, 6.45) is 5.80. The number of pyridine rings is 1. The van der Waals surface area contributed by atoms with Crippen LogP contribution in [0.15, 0.2) is 77.6 Å². The average Bonchev–Trinajstić information content (AvgIpc) is 3.12. The Kier molecular flexibility index (Phi) is 5.28. The Balaban J connectivity index is 1.81. The fraction of sp³-hybridized carbons (Fsp3) is 0.182. The number of benzene rings is 1. The molecular weight excluding hydrogens is 384 g/mol.